The van der Waals surface area contributed by atoms with Crippen molar-refractivity contribution in [2.75, 3.05) is 5.75 Å². The van der Waals surface area contributed by atoms with Crippen LogP contribution in [0.4, 0.5) is 0 Å². The van der Waals surface area contributed by atoms with Crippen molar-refractivity contribution in [2.45, 2.75) is 50.8 Å². The Balaban J connectivity index is 1.73. The van der Waals surface area contributed by atoms with E-state index in [-0.39, 0.29) is 11.2 Å². The largest absolute Gasteiger partial charge is 0.390 e. The van der Waals surface area contributed by atoms with Crippen LogP contribution in [0.15, 0.2) is 60.7 Å². The van der Waals surface area contributed by atoms with Crippen LogP contribution in [0.2, 0.25) is 0 Å². The van der Waals surface area contributed by atoms with Crippen LogP contribution >= 0.6 is 11.8 Å². The lowest BCUT2D eigenvalue weighted by Gasteiger charge is -2.39. The van der Waals surface area contributed by atoms with Gasteiger partial charge in [0.05, 0.1) is 18.8 Å². The molecule has 1 aliphatic rings. The van der Waals surface area contributed by atoms with Gasteiger partial charge in [0.2, 0.25) is 0 Å². The molecule has 3 rings (SSSR count). The number of aliphatic hydroxyl groups excluding tert-OH is 1. The van der Waals surface area contributed by atoms with Crippen LogP contribution in [0.1, 0.15) is 37.0 Å². The second-order valence-electron chi connectivity index (χ2n) is 6.66. The molecule has 0 unspecified atom stereocenters. The Morgan fingerprint density at radius 2 is 1.81 bits per heavy atom. The van der Waals surface area contributed by atoms with Crippen molar-refractivity contribution in [3.8, 4) is 0 Å². The smallest absolute Gasteiger partial charge is 0.191 e. The highest BCUT2D eigenvalue weighted by molar-refractivity contribution is 8.13. The number of benzene rings is 2. The van der Waals surface area contributed by atoms with Crippen LogP contribution < -0.4 is 0 Å². The molecule has 4 atom stereocenters. The number of hydrogen-bond acceptors (Lipinski definition) is 5. The second kappa shape index (κ2) is 10.0. The van der Waals surface area contributed by atoms with E-state index < -0.39 is 18.3 Å². The monoisotopic (exact) mass is 386 g/mol. The van der Waals surface area contributed by atoms with Gasteiger partial charge in [0.25, 0.3) is 0 Å². The number of ether oxygens (including phenoxy) is 2. The van der Waals surface area contributed by atoms with E-state index in [9.17, 15) is 9.90 Å². The van der Waals surface area contributed by atoms with Crippen molar-refractivity contribution in [1.82, 2.24) is 0 Å². The molecule has 2 aromatic rings. The summed E-state index contributed by atoms with van der Waals surface area (Å²) in [6, 6.07) is 19.7. The van der Waals surface area contributed by atoms with E-state index in [1.807, 2.05) is 67.6 Å². The highest BCUT2D eigenvalue weighted by Crippen LogP contribution is 2.36. The van der Waals surface area contributed by atoms with E-state index in [1.54, 1.807) is 0 Å². The van der Waals surface area contributed by atoms with Gasteiger partial charge < -0.3 is 14.6 Å². The summed E-state index contributed by atoms with van der Waals surface area (Å²) in [5.41, 5.74) is 2.00. The van der Waals surface area contributed by atoms with E-state index in [1.165, 1.54) is 11.8 Å². The van der Waals surface area contributed by atoms with Crippen molar-refractivity contribution in [3.63, 3.8) is 0 Å². The van der Waals surface area contributed by atoms with Crippen LogP contribution in [0.25, 0.3) is 0 Å². The molecule has 0 radical (unpaired) electrons. The third kappa shape index (κ3) is 5.66. The van der Waals surface area contributed by atoms with Gasteiger partial charge in [0.1, 0.15) is 12.2 Å². The van der Waals surface area contributed by atoms with Gasteiger partial charge in [-0.25, -0.2) is 0 Å². The molecule has 1 fully saturated rings. The van der Waals surface area contributed by atoms with Crippen molar-refractivity contribution in [3.05, 3.63) is 71.8 Å². The van der Waals surface area contributed by atoms with Crippen molar-refractivity contribution in [1.29, 1.82) is 0 Å². The molecule has 0 aliphatic carbocycles. The highest BCUT2D eigenvalue weighted by Gasteiger charge is 2.40. The van der Waals surface area contributed by atoms with Gasteiger partial charge in [-0.3, -0.25) is 4.79 Å². The van der Waals surface area contributed by atoms with Gasteiger partial charge in [-0.1, -0.05) is 79.3 Å². The maximum atomic E-state index is 12.0. The number of thioether (sulfide) groups is 1. The van der Waals surface area contributed by atoms with E-state index in [0.717, 1.165) is 16.9 Å². The molecule has 27 heavy (non-hydrogen) atoms. The number of rotatable bonds is 7. The fourth-order valence-corrected chi connectivity index (χ4v) is 3.98. The SMILES string of the molecule is CCSC(=O)C[C@H]1C[C@@H](O)[C@H](OCc2ccccc2)[C@H](c2ccccc2)O1. The van der Waals surface area contributed by atoms with Gasteiger partial charge in [-0.2, -0.15) is 0 Å². The molecule has 4 nitrogen and oxygen atoms in total. The first-order valence-corrected chi connectivity index (χ1v) is 10.4. The first-order valence-electron chi connectivity index (χ1n) is 9.37. The summed E-state index contributed by atoms with van der Waals surface area (Å²) in [6.07, 6.45) is -1.14. The minimum atomic E-state index is -0.683. The predicted molar refractivity (Wildman–Crippen MR) is 107 cm³/mol. The van der Waals surface area contributed by atoms with Crippen molar-refractivity contribution in [2.24, 2.45) is 0 Å². The molecule has 0 amide bonds. The number of hydrogen-bond donors (Lipinski definition) is 1. The lowest BCUT2D eigenvalue weighted by Crippen LogP contribution is -2.45. The molecule has 1 heterocycles. The molecule has 1 N–H and O–H groups in total. The highest BCUT2D eigenvalue weighted by atomic mass is 32.2. The minimum absolute atomic E-state index is 0.102. The summed E-state index contributed by atoms with van der Waals surface area (Å²) in [4.78, 5) is 12.0. The molecule has 5 heteroatoms. The summed E-state index contributed by atoms with van der Waals surface area (Å²) in [5, 5.41) is 10.9. The quantitative estimate of drug-likeness (QED) is 0.775. The normalized spacial score (nSPS) is 25.3. The topological polar surface area (TPSA) is 55.8 Å². The zero-order chi connectivity index (χ0) is 19.1. The average molecular weight is 387 g/mol. The Labute approximate surface area is 164 Å². The van der Waals surface area contributed by atoms with Crippen LogP contribution in [0.3, 0.4) is 0 Å². The Morgan fingerprint density at radius 3 is 2.48 bits per heavy atom. The molecule has 1 aliphatic heterocycles. The summed E-state index contributed by atoms with van der Waals surface area (Å²) in [5.74, 6) is 0.749. The fourth-order valence-electron chi connectivity index (χ4n) is 3.36. The zero-order valence-electron chi connectivity index (χ0n) is 15.5. The van der Waals surface area contributed by atoms with Gasteiger partial charge in [-0.15, -0.1) is 0 Å². The molecule has 2 aromatic carbocycles. The van der Waals surface area contributed by atoms with Crippen molar-refractivity contribution < 1.29 is 19.4 Å². The molecular weight excluding hydrogens is 360 g/mol. The third-order valence-electron chi connectivity index (χ3n) is 4.63. The van der Waals surface area contributed by atoms with Crippen LogP contribution in [0.5, 0.6) is 0 Å². The molecule has 1 saturated heterocycles. The lowest BCUT2D eigenvalue weighted by atomic mass is 9.92. The predicted octanol–water partition coefficient (Wildman–Crippen LogP) is 4.13. The standard InChI is InChI=1S/C22H26O4S/c1-2-27-20(24)14-18-13-19(23)22(25-15-16-9-5-3-6-10-16)21(26-18)17-11-7-4-8-12-17/h3-12,18-19,21-23H,2,13-15H2,1H3/t18-,19-,21+,22+/m1/s1. The van der Waals surface area contributed by atoms with Crippen molar-refractivity contribution >= 4 is 16.9 Å². The molecule has 0 bridgehead atoms. The van der Waals surface area contributed by atoms with E-state index in [2.05, 4.69) is 0 Å². The lowest BCUT2D eigenvalue weighted by molar-refractivity contribution is -0.195. The molecule has 0 spiro atoms. The minimum Gasteiger partial charge on any atom is -0.390 e. The number of carbonyl (C=O) groups is 1. The fraction of sp³-hybridized carbons (Fsp3) is 0.409. The van der Waals surface area contributed by atoms with Gasteiger partial charge >= 0.3 is 0 Å². The Kier molecular flexibility index (Phi) is 7.47. The average Bonchev–Trinajstić information content (AvgIpc) is 2.68. The molecule has 0 aromatic heterocycles. The van der Waals surface area contributed by atoms with Gasteiger partial charge in [-0.05, 0) is 16.9 Å². The van der Waals surface area contributed by atoms with Gasteiger partial charge in [0, 0.05) is 12.8 Å². The zero-order valence-corrected chi connectivity index (χ0v) is 16.3. The molecule has 0 saturated carbocycles. The van der Waals surface area contributed by atoms with Gasteiger partial charge in [0.15, 0.2) is 5.12 Å². The van der Waals surface area contributed by atoms with Crippen LogP contribution in [-0.2, 0) is 20.9 Å². The summed E-state index contributed by atoms with van der Waals surface area (Å²) < 4.78 is 12.3. The molecular formula is C22H26O4S. The van der Waals surface area contributed by atoms with E-state index in [4.69, 9.17) is 9.47 Å². The van der Waals surface area contributed by atoms with Crippen LogP contribution in [-0.4, -0.2) is 34.3 Å². The number of carbonyl (C=O) groups excluding carboxylic acids is 1. The number of aliphatic hydroxyl groups is 1. The van der Waals surface area contributed by atoms with E-state index >= 15 is 0 Å². The maximum absolute atomic E-state index is 12.0. The maximum Gasteiger partial charge on any atom is 0.191 e. The first kappa shape index (κ1) is 20.1. The van der Waals surface area contributed by atoms with E-state index in [0.29, 0.717) is 19.4 Å². The third-order valence-corrected chi connectivity index (χ3v) is 5.41. The first-order chi connectivity index (χ1) is 13.2. The Morgan fingerprint density at radius 1 is 1.15 bits per heavy atom. The summed E-state index contributed by atoms with van der Waals surface area (Å²) >= 11 is 1.30. The Bertz CT molecular complexity index is 707. The Hall–Kier alpha value is -1.66. The summed E-state index contributed by atoms with van der Waals surface area (Å²) in [7, 11) is 0. The molecule has 144 valence electrons. The second-order valence-corrected chi connectivity index (χ2v) is 7.98. The summed E-state index contributed by atoms with van der Waals surface area (Å²) in [6.45, 7) is 2.36. The van der Waals surface area contributed by atoms with Crippen LogP contribution in [0, 0.1) is 0 Å².